The first-order valence-corrected chi connectivity index (χ1v) is 16.8. The maximum absolute atomic E-state index is 14.8. The molecule has 1 saturated heterocycles. The Bertz CT molecular complexity index is 2110. The summed E-state index contributed by atoms with van der Waals surface area (Å²) >= 11 is 0. The first-order valence-electron chi connectivity index (χ1n) is 16.8. The number of amides is 2. The Hall–Kier alpha value is -4.98. The smallest absolute Gasteiger partial charge is 0.279 e. The highest BCUT2D eigenvalue weighted by Crippen LogP contribution is 2.50. The number of fused-ring (bicyclic) bond motifs is 3. The summed E-state index contributed by atoms with van der Waals surface area (Å²) in [5, 5.41) is 18.0. The second-order valence-corrected chi connectivity index (χ2v) is 13.7. The molecule has 254 valence electrons. The summed E-state index contributed by atoms with van der Waals surface area (Å²) in [6, 6.07) is 4.82. The van der Waals surface area contributed by atoms with Gasteiger partial charge in [-0.3, -0.25) is 14.4 Å². The number of halogens is 1. The van der Waals surface area contributed by atoms with Gasteiger partial charge in [0, 0.05) is 35.4 Å². The maximum atomic E-state index is 14.8. The van der Waals surface area contributed by atoms with Crippen molar-refractivity contribution in [1.82, 2.24) is 34.0 Å². The Morgan fingerprint density at radius 3 is 2.69 bits per heavy atom. The van der Waals surface area contributed by atoms with Crippen molar-refractivity contribution < 1.29 is 23.8 Å². The van der Waals surface area contributed by atoms with Gasteiger partial charge in [0.25, 0.3) is 11.5 Å². The number of nitrogens with zero attached hydrogens (tertiary/aromatic N) is 7. The van der Waals surface area contributed by atoms with E-state index in [1.165, 1.54) is 16.9 Å². The van der Waals surface area contributed by atoms with Crippen molar-refractivity contribution in [3.8, 4) is 5.75 Å². The number of hydrogen-bond acceptors (Lipinski definition) is 9. The first kappa shape index (κ1) is 31.3. The zero-order valence-electron chi connectivity index (χ0n) is 27.4. The summed E-state index contributed by atoms with van der Waals surface area (Å²) in [5.74, 6) is -0.508. The van der Waals surface area contributed by atoms with Crippen molar-refractivity contribution in [2.45, 2.75) is 76.2 Å². The largest absolute Gasteiger partial charge is 0.504 e. The lowest BCUT2D eigenvalue weighted by Gasteiger charge is -2.39. The van der Waals surface area contributed by atoms with Crippen LogP contribution in [0, 0.1) is 12.7 Å². The molecule has 8 rings (SSSR count). The maximum Gasteiger partial charge on any atom is 0.279 e. The van der Waals surface area contributed by atoms with Crippen molar-refractivity contribution in [2.75, 3.05) is 31.6 Å². The zero-order valence-corrected chi connectivity index (χ0v) is 27.4. The van der Waals surface area contributed by atoms with Gasteiger partial charge in [-0.05, 0) is 80.6 Å². The number of carbonyl (C=O) groups is 2. The van der Waals surface area contributed by atoms with Crippen LogP contribution in [0.15, 0.2) is 35.4 Å². The van der Waals surface area contributed by atoms with E-state index in [1.54, 1.807) is 28.5 Å². The summed E-state index contributed by atoms with van der Waals surface area (Å²) in [5.41, 5.74) is 2.66. The third-order valence-corrected chi connectivity index (χ3v) is 10.5. The molecule has 4 aromatic rings. The predicted molar refractivity (Wildman–Crippen MR) is 176 cm³/mol. The molecule has 2 aliphatic carbocycles. The topological polar surface area (TPSA) is 157 Å². The van der Waals surface area contributed by atoms with E-state index >= 15 is 0 Å². The summed E-state index contributed by atoms with van der Waals surface area (Å²) in [4.78, 5) is 55.9. The number of benzene rings is 1. The van der Waals surface area contributed by atoms with E-state index in [-0.39, 0.29) is 58.8 Å². The summed E-state index contributed by atoms with van der Waals surface area (Å²) in [6.07, 6.45) is 7.36. The number of rotatable bonds is 6. The van der Waals surface area contributed by atoms with E-state index in [9.17, 15) is 23.9 Å². The Balaban J connectivity index is 1.15. The minimum atomic E-state index is -0.565. The van der Waals surface area contributed by atoms with Crippen LogP contribution >= 0.6 is 0 Å². The van der Waals surface area contributed by atoms with Gasteiger partial charge in [0.05, 0.1) is 18.9 Å². The molecule has 1 spiro atoms. The van der Waals surface area contributed by atoms with E-state index in [2.05, 4.69) is 20.4 Å². The minimum absolute atomic E-state index is 0.0432. The van der Waals surface area contributed by atoms with Gasteiger partial charge in [0.15, 0.2) is 17.3 Å². The normalized spacial score (nSPS) is 20.0. The SMILES string of the molecule is Cc1ncnc(C(=O)N2CCC3(CC2)C[C@H](C)c2c3c(=O)n3nc(C4=CCOCC4)nc3n2CC(=O)Nc2ccc(C3CC3)c(F)c2)c1O. The number of carbonyl (C=O) groups excluding carboxylic acids is 2. The lowest BCUT2D eigenvalue weighted by molar-refractivity contribution is -0.116. The van der Waals surface area contributed by atoms with Crippen LogP contribution in [0.25, 0.3) is 11.4 Å². The van der Waals surface area contributed by atoms with Crippen molar-refractivity contribution in [3.05, 3.63) is 80.8 Å². The number of aromatic nitrogens is 6. The molecular weight excluding hydrogens is 631 g/mol. The van der Waals surface area contributed by atoms with Crippen LogP contribution in [0.5, 0.6) is 5.75 Å². The minimum Gasteiger partial charge on any atom is -0.504 e. The van der Waals surface area contributed by atoms with E-state index in [4.69, 9.17) is 9.72 Å². The van der Waals surface area contributed by atoms with E-state index in [1.807, 2.05) is 13.0 Å². The lowest BCUT2D eigenvalue weighted by atomic mass is 9.73. The third-order valence-electron chi connectivity index (χ3n) is 10.5. The molecule has 1 atom stereocenters. The van der Waals surface area contributed by atoms with Crippen LogP contribution in [0.2, 0.25) is 0 Å². The molecular formula is C35H37FN8O5. The summed E-state index contributed by atoms with van der Waals surface area (Å²) < 4.78 is 23.4. The molecule has 3 aromatic heterocycles. The fourth-order valence-corrected chi connectivity index (χ4v) is 7.93. The van der Waals surface area contributed by atoms with Crippen LogP contribution in [-0.2, 0) is 21.5 Å². The van der Waals surface area contributed by atoms with Gasteiger partial charge in [-0.25, -0.2) is 14.4 Å². The molecule has 4 aliphatic rings. The van der Waals surface area contributed by atoms with Gasteiger partial charge in [0.1, 0.15) is 18.7 Å². The number of anilines is 1. The fourth-order valence-electron chi connectivity index (χ4n) is 7.93. The summed E-state index contributed by atoms with van der Waals surface area (Å²) in [6.45, 7) is 5.14. The van der Waals surface area contributed by atoms with Crippen molar-refractivity contribution >= 4 is 28.9 Å². The number of nitrogens with one attached hydrogen (secondary N) is 1. The Kier molecular flexibility index (Phi) is 7.58. The molecule has 0 unspecified atom stereocenters. The average Bonchev–Trinajstić information content (AvgIpc) is 3.76. The Morgan fingerprint density at radius 1 is 1.18 bits per heavy atom. The highest BCUT2D eigenvalue weighted by atomic mass is 19.1. The van der Waals surface area contributed by atoms with E-state index in [0.29, 0.717) is 80.3 Å². The zero-order chi connectivity index (χ0) is 34.0. The number of aryl methyl sites for hydroxylation is 1. The molecule has 1 saturated carbocycles. The number of hydrogen-bond donors (Lipinski definition) is 2. The molecule has 1 aromatic carbocycles. The average molecular weight is 669 g/mol. The molecule has 2 fully saturated rings. The van der Waals surface area contributed by atoms with Crippen LogP contribution in [-0.4, -0.2) is 77.3 Å². The van der Waals surface area contributed by atoms with Crippen molar-refractivity contribution in [2.24, 2.45) is 0 Å². The second kappa shape index (κ2) is 11.9. The Labute approximate surface area is 280 Å². The van der Waals surface area contributed by atoms with Gasteiger partial charge >= 0.3 is 0 Å². The van der Waals surface area contributed by atoms with E-state index in [0.717, 1.165) is 24.1 Å². The van der Waals surface area contributed by atoms with Gasteiger partial charge in [-0.2, -0.15) is 9.50 Å². The number of ether oxygens (including phenoxy) is 1. The quantitative estimate of drug-likeness (QED) is 0.312. The highest BCUT2D eigenvalue weighted by Gasteiger charge is 2.49. The van der Waals surface area contributed by atoms with Gasteiger partial charge in [-0.1, -0.05) is 19.1 Å². The number of piperidine rings is 1. The molecule has 13 nitrogen and oxygen atoms in total. The van der Waals surface area contributed by atoms with Crippen LogP contribution in [0.4, 0.5) is 10.1 Å². The number of likely N-dealkylation sites (tertiary alicyclic amines) is 1. The molecule has 5 heterocycles. The first-order chi connectivity index (χ1) is 23.6. The van der Waals surface area contributed by atoms with Gasteiger partial charge in [-0.15, -0.1) is 5.10 Å². The van der Waals surface area contributed by atoms with E-state index < -0.39 is 5.41 Å². The number of aromatic hydroxyl groups is 1. The fraction of sp³-hybridized carbons (Fsp3) is 0.457. The molecule has 49 heavy (non-hydrogen) atoms. The lowest BCUT2D eigenvalue weighted by Crippen LogP contribution is -2.46. The predicted octanol–water partition coefficient (Wildman–Crippen LogP) is 3.84. The highest BCUT2D eigenvalue weighted by molar-refractivity contribution is 5.95. The van der Waals surface area contributed by atoms with Crippen molar-refractivity contribution in [1.29, 1.82) is 0 Å². The molecule has 14 heteroatoms. The molecule has 0 bridgehead atoms. The second-order valence-electron chi connectivity index (χ2n) is 13.7. The van der Waals surface area contributed by atoms with Gasteiger partial charge < -0.3 is 24.6 Å². The Morgan fingerprint density at radius 2 is 1.98 bits per heavy atom. The third kappa shape index (κ3) is 5.38. The van der Waals surface area contributed by atoms with Crippen LogP contribution < -0.4 is 10.9 Å². The standard InChI is InChI=1S/C35H37FN8O5/c1-19-16-35(9-11-42(12-10-35)33(48)28-30(46)20(2)37-18-38-28)27-29(19)43(17-26(45)39-23-5-6-24(21-3-4-21)25(36)15-23)34-40-31(41-44(34)32(27)47)22-7-13-49-14-8-22/h5-7,15,18-19,21,46H,3-4,8-14,16-17H2,1-2H3,(H,39,45)/t19-/m0/s1. The molecule has 2 aliphatic heterocycles. The molecule has 2 N–H and O–H groups in total. The monoisotopic (exact) mass is 668 g/mol. The van der Waals surface area contributed by atoms with Gasteiger partial charge in [0.2, 0.25) is 11.7 Å². The van der Waals surface area contributed by atoms with Crippen molar-refractivity contribution in [3.63, 3.8) is 0 Å². The summed E-state index contributed by atoms with van der Waals surface area (Å²) in [7, 11) is 0. The molecule has 0 radical (unpaired) electrons. The van der Waals surface area contributed by atoms with Crippen LogP contribution in [0.1, 0.15) is 96.1 Å². The molecule has 2 amide bonds. The van der Waals surface area contributed by atoms with Crippen LogP contribution in [0.3, 0.4) is 0 Å².